The Balaban J connectivity index is 0.000000233. The predicted molar refractivity (Wildman–Crippen MR) is 141 cm³/mol. The molecule has 3 heterocycles. The fourth-order valence-corrected chi connectivity index (χ4v) is 4.54. The molecule has 0 radical (unpaired) electrons. The maximum absolute atomic E-state index is 10.5. The molecule has 0 saturated heterocycles. The summed E-state index contributed by atoms with van der Waals surface area (Å²) in [5.41, 5.74) is 5.08. The number of nitrogens with one attached hydrogen (secondary N) is 1. The Hall–Kier alpha value is -3.17. The molecule has 0 fully saturated rings. The lowest BCUT2D eigenvalue weighted by molar-refractivity contribution is 0.319. The van der Waals surface area contributed by atoms with Gasteiger partial charge in [0.25, 0.3) is 10.1 Å². The molecule has 0 spiro atoms. The van der Waals surface area contributed by atoms with Crippen molar-refractivity contribution in [3.05, 3.63) is 95.0 Å². The van der Waals surface area contributed by atoms with E-state index in [0.29, 0.717) is 11.6 Å². The Morgan fingerprint density at radius 3 is 2.67 bits per heavy atom. The van der Waals surface area contributed by atoms with Crippen LogP contribution in [0, 0.1) is 6.92 Å². The van der Waals surface area contributed by atoms with Crippen LogP contribution in [0.15, 0.2) is 82.4 Å². The van der Waals surface area contributed by atoms with Gasteiger partial charge in [-0.15, -0.1) is 0 Å². The zero-order valence-electron chi connectivity index (χ0n) is 19.8. The van der Waals surface area contributed by atoms with Crippen LogP contribution in [0.1, 0.15) is 23.2 Å². The highest BCUT2D eigenvalue weighted by atomic mass is 35.5. The molecule has 4 aromatic rings. The molecule has 0 atom stereocenters. The van der Waals surface area contributed by atoms with Gasteiger partial charge in [-0.2, -0.15) is 8.42 Å². The molecular weight excluding hydrogens is 500 g/mol. The van der Waals surface area contributed by atoms with Crippen molar-refractivity contribution in [2.24, 2.45) is 0 Å². The van der Waals surface area contributed by atoms with E-state index in [0.717, 1.165) is 59.5 Å². The molecule has 0 amide bonds. The van der Waals surface area contributed by atoms with Gasteiger partial charge in [-0.1, -0.05) is 41.4 Å². The Morgan fingerprint density at radius 2 is 1.94 bits per heavy atom. The highest BCUT2D eigenvalue weighted by molar-refractivity contribution is 7.85. The van der Waals surface area contributed by atoms with E-state index in [1.54, 1.807) is 18.4 Å². The van der Waals surface area contributed by atoms with Crippen molar-refractivity contribution in [1.82, 2.24) is 10.3 Å². The monoisotopic (exact) mass is 526 g/mol. The van der Waals surface area contributed by atoms with Gasteiger partial charge in [0.2, 0.25) is 0 Å². The maximum Gasteiger partial charge on any atom is 0.294 e. The first-order valence-corrected chi connectivity index (χ1v) is 13.3. The Bertz CT molecular complexity index is 1460. The van der Waals surface area contributed by atoms with Crippen molar-refractivity contribution in [3.8, 4) is 5.75 Å². The highest BCUT2D eigenvalue weighted by Gasteiger charge is 2.13. The van der Waals surface area contributed by atoms with E-state index in [1.165, 1.54) is 17.7 Å². The lowest BCUT2D eigenvalue weighted by Gasteiger charge is -2.16. The van der Waals surface area contributed by atoms with E-state index < -0.39 is 10.1 Å². The van der Waals surface area contributed by atoms with E-state index in [-0.39, 0.29) is 4.90 Å². The van der Waals surface area contributed by atoms with Crippen LogP contribution in [0.25, 0.3) is 16.5 Å². The molecule has 188 valence electrons. The molecule has 1 aliphatic heterocycles. The first-order chi connectivity index (χ1) is 17.3. The number of hydrogen-bond acceptors (Lipinski definition) is 6. The quantitative estimate of drug-likeness (QED) is 0.310. The molecule has 2 N–H and O–H groups in total. The fraction of sp³-hybridized carbons (Fsp3) is 0.222. The van der Waals surface area contributed by atoms with Crippen molar-refractivity contribution in [2.75, 3.05) is 19.7 Å². The van der Waals surface area contributed by atoms with E-state index in [4.69, 9.17) is 25.3 Å². The standard InChI is InChI=1S/C20H19ClN2O2.C7H8O3S/c21-17-4-3-15(20-16(17)8-13-25-20)7-12-24-18-2-1-9-23-19(18)14-5-10-22-11-6-14;1-6-2-4-7(5-3-6)11(8,9)10/h1-5,8-9,13,22H,6-7,10-12H2;2-5H,1H3,(H,8,9,10). The van der Waals surface area contributed by atoms with Crippen LogP contribution in [0.3, 0.4) is 0 Å². The van der Waals surface area contributed by atoms with Crippen LogP contribution in [0.2, 0.25) is 5.02 Å². The predicted octanol–water partition coefficient (Wildman–Crippen LogP) is 5.72. The van der Waals surface area contributed by atoms with Crippen molar-refractivity contribution in [1.29, 1.82) is 0 Å². The van der Waals surface area contributed by atoms with E-state index in [9.17, 15) is 8.42 Å². The second kappa shape index (κ2) is 11.7. The first kappa shape index (κ1) is 25.9. The molecule has 0 bridgehead atoms. The number of aromatic nitrogens is 1. The minimum atomic E-state index is -4.02. The number of ether oxygens (including phenoxy) is 1. The molecule has 1 aliphatic rings. The van der Waals surface area contributed by atoms with Crippen LogP contribution in [-0.2, 0) is 16.5 Å². The van der Waals surface area contributed by atoms with Gasteiger partial charge >= 0.3 is 0 Å². The largest absolute Gasteiger partial charge is 0.491 e. The molecule has 7 nitrogen and oxygen atoms in total. The van der Waals surface area contributed by atoms with Gasteiger partial charge in [0.05, 0.1) is 22.8 Å². The maximum atomic E-state index is 10.5. The number of furan rings is 1. The first-order valence-electron chi connectivity index (χ1n) is 11.5. The summed E-state index contributed by atoms with van der Waals surface area (Å²) in [6, 6.07) is 15.7. The minimum absolute atomic E-state index is 0.0666. The second-order valence-corrected chi connectivity index (χ2v) is 10.1. The number of hydrogen-bond donors (Lipinski definition) is 2. The molecule has 0 saturated carbocycles. The topological polar surface area (TPSA) is 102 Å². The summed E-state index contributed by atoms with van der Waals surface area (Å²) >= 11 is 6.20. The molecule has 5 rings (SSSR count). The summed E-state index contributed by atoms with van der Waals surface area (Å²) < 4.78 is 41.2. The zero-order chi connectivity index (χ0) is 25.5. The van der Waals surface area contributed by atoms with Gasteiger partial charge in [-0.3, -0.25) is 9.54 Å². The van der Waals surface area contributed by atoms with Gasteiger partial charge in [0.1, 0.15) is 17.0 Å². The average Bonchev–Trinajstić information content (AvgIpc) is 3.38. The third-order valence-electron chi connectivity index (χ3n) is 5.73. The average molecular weight is 527 g/mol. The van der Waals surface area contributed by atoms with Crippen LogP contribution in [-0.4, -0.2) is 37.7 Å². The number of aryl methyl sites for hydroxylation is 1. The van der Waals surface area contributed by atoms with Crippen LogP contribution < -0.4 is 10.1 Å². The van der Waals surface area contributed by atoms with Gasteiger partial charge in [-0.05, 0) is 67.4 Å². The summed E-state index contributed by atoms with van der Waals surface area (Å²) in [6.45, 7) is 4.26. The molecular formula is C27H27ClN2O5S. The van der Waals surface area contributed by atoms with Crippen molar-refractivity contribution < 1.29 is 22.1 Å². The van der Waals surface area contributed by atoms with E-state index >= 15 is 0 Å². The van der Waals surface area contributed by atoms with Crippen molar-refractivity contribution >= 4 is 38.3 Å². The van der Waals surface area contributed by atoms with Crippen molar-refractivity contribution in [3.63, 3.8) is 0 Å². The number of nitrogens with zero attached hydrogens (tertiary/aromatic N) is 1. The zero-order valence-corrected chi connectivity index (χ0v) is 21.3. The lowest BCUT2D eigenvalue weighted by Crippen LogP contribution is -2.20. The molecule has 0 aliphatic carbocycles. The molecule has 0 unspecified atom stereocenters. The third kappa shape index (κ3) is 6.53. The SMILES string of the molecule is Cc1ccc(S(=O)(=O)O)cc1.Clc1ccc(CCOc2cccnc2C2=CCNCC2)c2occc12. The summed E-state index contributed by atoms with van der Waals surface area (Å²) in [5.74, 6) is 0.834. The smallest absolute Gasteiger partial charge is 0.294 e. The number of rotatable bonds is 6. The molecule has 2 aromatic heterocycles. The summed E-state index contributed by atoms with van der Waals surface area (Å²) in [4.78, 5) is 4.46. The highest BCUT2D eigenvalue weighted by Crippen LogP contribution is 2.29. The van der Waals surface area contributed by atoms with Crippen LogP contribution >= 0.6 is 11.6 Å². The van der Waals surface area contributed by atoms with Crippen LogP contribution in [0.5, 0.6) is 5.75 Å². The molecule has 36 heavy (non-hydrogen) atoms. The van der Waals surface area contributed by atoms with E-state index in [1.807, 2.05) is 43.5 Å². The second-order valence-electron chi connectivity index (χ2n) is 8.29. The van der Waals surface area contributed by atoms with Gasteiger partial charge in [0, 0.05) is 24.5 Å². The number of benzene rings is 2. The lowest BCUT2D eigenvalue weighted by atomic mass is 10.0. The van der Waals surface area contributed by atoms with Gasteiger partial charge in [0.15, 0.2) is 0 Å². The Morgan fingerprint density at radius 1 is 1.14 bits per heavy atom. The van der Waals surface area contributed by atoms with Crippen molar-refractivity contribution in [2.45, 2.75) is 24.7 Å². The van der Waals surface area contributed by atoms with Crippen LogP contribution in [0.4, 0.5) is 0 Å². The normalized spacial score (nSPS) is 13.6. The minimum Gasteiger partial charge on any atom is -0.491 e. The third-order valence-corrected chi connectivity index (χ3v) is 6.93. The molecule has 9 heteroatoms. The summed E-state index contributed by atoms with van der Waals surface area (Å²) in [5, 5.41) is 4.98. The number of halogens is 1. The Kier molecular flexibility index (Phi) is 8.43. The van der Waals surface area contributed by atoms with E-state index in [2.05, 4.69) is 16.4 Å². The molecule has 2 aromatic carbocycles. The van der Waals surface area contributed by atoms with Gasteiger partial charge in [-0.25, -0.2) is 0 Å². The summed E-state index contributed by atoms with van der Waals surface area (Å²) in [6.07, 6.45) is 7.39. The number of pyridine rings is 1. The Labute approximate surface area is 215 Å². The number of fused-ring (bicyclic) bond motifs is 1. The van der Waals surface area contributed by atoms with Gasteiger partial charge < -0.3 is 14.5 Å². The summed E-state index contributed by atoms with van der Waals surface area (Å²) in [7, 11) is -4.02. The fourth-order valence-electron chi connectivity index (χ4n) is 3.85.